The Bertz CT molecular complexity index is 136. The van der Waals surface area contributed by atoms with E-state index < -0.39 is 0 Å². The summed E-state index contributed by atoms with van der Waals surface area (Å²) in [6, 6.07) is 0. The number of unbranched alkanes of at least 4 members (excludes halogenated alkanes) is 1. The molecule has 0 radical (unpaired) electrons. The van der Waals surface area contributed by atoms with E-state index in [1.54, 1.807) is 0 Å². The summed E-state index contributed by atoms with van der Waals surface area (Å²) in [7, 11) is 0. The number of hydrogen-bond donors (Lipinski definition) is 2. The molecule has 0 saturated carbocycles. The maximum Gasteiger partial charge on any atom is 0.0590 e. The molecule has 0 atom stereocenters. The highest BCUT2D eigenvalue weighted by Crippen LogP contribution is 2.09. The minimum atomic E-state index is 0.866. The third-order valence-corrected chi connectivity index (χ3v) is 2.96. The Morgan fingerprint density at radius 2 is 2.07 bits per heavy atom. The molecule has 0 aromatic heterocycles. The van der Waals surface area contributed by atoms with Crippen molar-refractivity contribution in [2.75, 3.05) is 39.4 Å². The van der Waals surface area contributed by atoms with Crippen LogP contribution in [0.25, 0.3) is 0 Å². The van der Waals surface area contributed by atoms with Gasteiger partial charge < -0.3 is 15.4 Å². The molecule has 0 aromatic rings. The first-order valence-electron chi connectivity index (χ1n) is 6.42. The largest absolute Gasteiger partial charge is 0.380 e. The first kappa shape index (κ1) is 12.9. The molecule has 0 aromatic carbocycles. The zero-order chi connectivity index (χ0) is 10.8. The third kappa shape index (κ3) is 6.88. The van der Waals surface area contributed by atoms with Crippen LogP contribution in [-0.4, -0.2) is 39.4 Å². The van der Waals surface area contributed by atoms with Gasteiger partial charge in [0.1, 0.15) is 0 Å². The van der Waals surface area contributed by atoms with Crippen molar-refractivity contribution in [2.45, 2.75) is 32.6 Å². The van der Waals surface area contributed by atoms with Gasteiger partial charge in [0, 0.05) is 13.2 Å². The van der Waals surface area contributed by atoms with Crippen LogP contribution in [0.2, 0.25) is 0 Å². The molecule has 1 heterocycles. The summed E-state index contributed by atoms with van der Waals surface area (Å²) in [5.41, 5.74) is 0. The quantitative estimate of drug-likeness (QED) is 0.599. The third-order valence-electron chi connectivity index (χ3n) is 2.96. The van der Waals surface area contributed by atoms with Crippen molar-refractivity contribution in [3.8, 4) is 0 Å². The van der Waals surface area contributed by atoms with Crippen molar-refractivity contribution in [3.63, 3.8) is 0 Å². The van der Waals surface area contributed by atoms with Crippen molar-refractivity contribution >= 4 is 0 Å². The first-order chi connectivity index (χ1) is 7.43. The van der Waals surface area contributed by atoms with Gasteiger partial charge in [-0.1, -0.05) is 13.3 Å². The van der Waals surface area contributed by atoms with Gasteiger partial charge in [-0.3, -0.25) is 0 Å². The number of hydrogen-bond acceptors (Lipinski definition) is 3. The topological polar surface area (TPSA) is 33.3 Å². The Balaban J connectivity index is 1.79. The molecule has 0 unspecified atom stereocenters. The molecule has 0 aliphatic carbocycles. The van der Waals surface area contributed by atoms with Crippen LogP contribution < -0.4 is 10.6 Å². The molecule has 1 rings (SSSR count). The standard InChI is InChI=1S/C12H26N2O/c1-2-3-9-15-10-8-14-11-12-4-6-13-7-5-12/h12-14H,2-11H2,1H3. The van der Waals surface area contributed by atoms with Gasteiger partial charge in [0.05, 0.1) is 6.61 Å². The van der Waals surface area contributed by atoms with E-state index in [9.17, 15) is 0 Å². The SMILES string of the molecule is CCCCOCCNCC1CCNCC1. The maximum absolute atomic E-state index is 5.49. The van der Waals surface area contributed by atoms with E-state index in [0.29, 0.717) is 0 Å². The Morgan fingerprint density at radius 3 is 2.80 bits per heavy atom. The molecular formula is C12H26N2O. The molecule has 0 bridgehead atoms. The second kappa shape index (κ2) is 9.13. The summed E-state index contributed by atoms with van der Waals surface area (Å²) >= 11 is 0. The summed E-state index contributed by atoms with van der Waals surface area (Å²) in [6.07, 6.45) is 5.06. The Morgan fingerprint density at radius 1 is 1.27 bits per heavy atom. The average molecular weight is 214 g/mol. The van der Waals surface area contributed by atoms with Crippen LogP contribution in [0, 0.1) is 5.92 Å². The van der Waals surface area contributed by atoms with Crippen LogP contribution in [0.5, 0.6) is 0 Å². The molecule has 3 heteroatoms. The summed E-state index contributed by atoms with van der Waals surface area (Å²) in [5, 5.41) is 6.87. The molecule has 2 N–H and O–H groups in total. The van der Waals surface area contributed by atoms with Crippen LogP contribution in [0.15, 0.2) is 0 Å². The summed E-state index contributed by atoms with van der Waals surface area (Å²) in [4.78, 5) is 0. The van der Waals surface area contributed by atoms with E-state index in [4.69, 9.17) is 4.74 Å². The van der Waals surface area contributed by atoms with Gasteiger partial charge >= 0.3 is 0 Å². The first-order valence-corrected chi connectivity index (χ1v) is 6.42. The van der Waals surface area contributed by atoms with E-state index >= 15 is 0 Å². The zero-order valence-electron chi connectivity index (χ0n) is 10.1. The van der Waals surface area contributed by atoms with Crippen molar-refractivity contribution < 1.29 is 4.74 Å². The summed E-state index contributed by atoms with van der Waals surface area (Å²) < 4.78 is 5.49. The zero-order valence-corrected chi connectivity index (χ0v) is 10.1. The monoisotopic (exact) mass is 214 g/mol. The second-order valence-electron chi connectivity index (χ2n) is 4.36. The van der Waals surface area contributed by atoms with Gasteiger partial charge in [0.15, 0.2) is 0 Å². The van der Waals surface area contributed by atoms with Crippen LogP contribution in [0.3, 0.4) is 0 Å². The highest BCUT2D eigenvalue weighted by atomic mass is 16.5. The van der Waals surface area contributed by atoms with E-state index in [2.05, 4.69) is 17.6 Å². The second-order valence-corrected chi connectivity index (χ2v) is 4.36. The molecule has 1 aliphatic rings. The van der Waals surface area contributed by atoms with Gasteiger partial charge in [0.25, 0.3) is 0 Å². The molecule has 1 aliphatic heterocycles. The van der Waals surface area contributed by atoms with Crippen LogP contribution >= 0.6 is 0 Å². The van der Waals surface area contributed by atoms with Crippen LogP contribution in [-0.2, 0) is 4.74 Å². The lowest BCUT2D eigenvalue weighted by Gasteiger charge is -2.22. The van der Waals surface area contributed by atoms with Gasteiger partial charge in [-0.25, -0.2) is 0 Å². The minimum Gasteiger partial charge on any atom is -0.380 e. The molecule has 15 heavy (non-hydrogen) atoms. The summed E-state index contributed by atoms with van der Waals surface area (Å²) in [6.45, 7) is 8.54. The number of nitrogens with one attached hydrogen (secondary N) is 2. The smallest absolute Gasteiger partial charge is 0.0590 e. The molecule has 0 amide bonds. The van der Waals surface area contributed by atoms with Gasteiger partial charge in [0.2, 0.25) is 0 Å². The van der Waals surface area contributed by atoms with Crippen LogP contribution in [0.1, 0.15) is 32.6 Å². The lowest BCUT2D eigenvalue weighted by atomic mass is 9.98. The van der Waals surface area contributed by atoms with Crippen molar-refractivity contribution in [1.82, 2.24) is 10.6 Å². The fourth-order valence-corrected chi connectivity index (χ4v) is 1.88. The highest BCUT2D eigenvalue weighted by molar-refractivity contribution is 4.70. The normalized spacial score (nSPS) is 18.2. The molecule has 1 fully saturated rings. The van der Waals surface area contributed by atoms with E-state index in [0.717, 1.165) is 25.7 Å². The predicted octanol–water partition coefficient (Wildman–Crippen LogP) is 1.39. The van der Waals surface area contributed by atoms with Crippen molar-refractivity contribution in [1.29, 1.82) is 0 Å². The molecule has 1 saturated heterocycles. The maximum atomic E-state index is 5.49. The molecule has 3 nitrogen and oxygen atoms in total. The molecular weight excluding hydrogens is 188 g/mol. The van der Waals surface area contributed by atoms with Gasteiger partial charge in [-0.15, -0.1) is 0 Å². The Kier molecular flexibility index (Phi) is 7.88. The summed E-state index contributed by atoms with van der Waals surface area (Å²) in [5.74, 6) is 0.877. The van der Waals surface area contributed by atoms with Gasteiger partial charge in [-0.05, 0) is 44.8 Å². The lowest BCUT2D eigenvalue weighted by Crippen LogP contribution is -2.34. The highest BCUT2D eigenvalue weighted by Gasteiger charge is 2.11. The predicted molar refractivity (Wildman–Crippen MR) is 64.2 cm³/mol. The number of rotatable bonds is 8. The van der Waals surface area contributed by atoms with E-state index in [1.165, 1.54) is 45.3 Å². The van der Waals surface area contributed by atoms with Crippen molar-refractivity contribution in [2.24, 2.45) is 5.92 Å². The Labute approximate surface area is 94.0 Å². The van der Waals surface area contributed by atoms with Gasteiger partial charge in [-0.2, -0.15) is 0 Å². The van der Waals surface area contributed by atoms with E-state index in [1.807, 2.05) is 0 Å². The number of piperidine rings is 1. The lowest BCUT2D eigenvalue weighted by molar-refractivity contribution is 0.132. The number of ether oxygens (including phenoxy) is 1. The molecule has 0 spiro atoms. The minimum absolute atomic E-state index is 0.866. The average Bonchev–Trinajstić information content (AvgIpc) is 2.29. The van der Waals surface area contributed by atoms with Crippen LogP contribution in [0.4, 0.5) is 0 Å². The fourth-order valence-electron chi connectivity index (χ4n) is 1.88. The van der Waals surface area contributed by atoms with E-state index in [-0.39, 0.29) is 0 Å². The van der Waals surface area contributed by atoms with Crippen molar-refractivity contribution in [3.05, 3.63) is 0 Å². The molecule has 90 valence electrons. The fraction of sp³-hybridized carbons (Fsp3) is 1.00. The Hall–Kier alpha value is -0.120.